The van der Waals surface area contributed by atoms with Gasteiger partial charge in [-0.15, -0.1) is 10.2 Å². The van der Waals surface area contributed by atoms with E-state index in [1.165, 1.54) is 0 Å². The van der Waals surface area contributed by atoms with E-state index in [0.717, 1.165) is 22.0 Å². The van der Waals surface area contributed by atoms with Crippen LogP contribution < -0.4 is 5.32 Å². The third-order valence-electron chi connectivity index (χ3n) is 2.33. The molecule has 5 nitrogen and oxygen atoms in total. The number of rotatable bonds is 4. The molecule has 1 atom stereocenters. The first kappa shape index (κ1) is 11.1. The summed E-state index contributed by atoms with van der Waals surface area (Å²) in [5.41, 5.74) is 0.963. The predicted molar refractivity (Wildman–Crippen MR) is 63.0 cm³/mol. The fourth-order valence-corrected chi connectivity index (χ4v) is 2.44. The molecule has 2 aromatic heterocycles. The largest absolute Gasteiger partial charge is 0.311 e. The summed E-state index contributed by atoms with van der Waals surface area (Å²) >= 11 is 1.59. The minimum absolute atomic E-state index is 0.279. The zero-order valence-corrected chi connectivity index (χ0v) is 10.0. The molecular formula is C10H13N5S. The molecule has 0 amide bonds. The molecular weight excluding hydrogens is 222 g/mol. The second-order valence-electron chi connectivity index (χ2n) is 3.33. The normalized spacial score (nSPS) is 12.6. The quantitative estimate of drug-likeness (QED) is 0.873. The van der Waals surface area contributed by atoms with Crippen LogP contribution >= 0.6 is 11.3 Å². The van der Waals surface area contributed by atoms with Crippen molar-refractivity contribution in [3.63, 3.8) is 0 Å². The molecule has 0 bridgehead atoms. The Labute approximate surface area is 98.0 Å². The van der Waals surface area contributed by atoms with Crippen molar-refractivity contribution in [3.05, 3.63) is 23.5 Å². The van der Waals surface area contributed by atoms with Crippen molar-refractivity contribution in [1.29, 1.82) is 0 Å². The maximum atomic E-state index is 4.19. The van der Waals surface area contributed by atoms with Gasteiger partial charge < -0.3 is 5.32 Å². The molecule has 0 fully saturated rings. The molecule has 0 radical (unpaired) electrons. The van der Waals surface area contributed by atoms with Crippen molar-refractivity contribution in [2.45, 2.75) is 19.4 Å². The first-order chi connectivity index (χ1) is 7.85. The summed E-state index contributed by atoms with van der Waals surface area (Å²) in [6, 6.07) is 2.17. The van der Waals surface area contributed by atoms with Gasteiger partial charge >= 0.3 is 0 Å². The molecule has 2 aromatic rings. The Bertz CT molecular complexity index is 437. The lowest BCUT2D eigenvalue weighted by Crippen LogP contribution is -2.14. The molecule has 0 aromatic carbocycles. The summed E-state index contributed by atoms with van der Waals surface area (Å²) < 4.78 is 0. The average molecular weight is 235 g/mol. The van der Waals surface area contributed by atoms with Gasteiger partial charge in [-0.05, 0) is 19.5 Å². The fourth-order valence-electron chi connectivity index (χ4n) is 1.41. The summed E-state index contributed by atoms with van der Waals surface area (Å²) in [5.74, 6) is 0. The Morgan fingerprint density at radius 2 is 2.25 bits per heavy atom. The minimum atomic E-state index is 0.279. The lowest BCUT2D eigenvalue weighted by Gasteiger charge is -2.07. The van der Waals surface area contributed by atoms with Crippen molar-refractivity contribution < 1.29 is 0 Å². The highest BCUT2D eigenvalue weighted by Crippen LogP contribution is 2.26. The SMILES string of the molecule is CCC(NC)c1nnc(-c2ccnnc2)s1. The standard InChI is InChI=1S/C10H13N5S/c1-3-8(11-2)10-15-14-9(16-10)7-4-5-12-13-6-7/h4-6,8,11H,3H2,1-2H3. The van der Waals surface area contributed by atoms with E-state index >= 15 is 0 Å². The van der Waals surface area contributed by atoms with Gasteiger partial charge in [-0.1, -0.05) is 18.3 Å². The molecule has 0 aliphatic rings. The number of hydrogen-bond donors (Lipinski definition) is 1. The maximum Gasteiger partial charge on any atom is 0.149 e. The molecule has 1 unspecified atom stereocenters. The summed E-state index contributed by atoms with van der Waals surface area (Å²) in [5, 5.41) is 21.0. The molecule has 0 saturated carbocycles. The molecule has 0 aliphatic heterocycles. The Morgan fingerprint density at radius 3 is 2.88 bits per heavy atom. The number of nitrogens with zero attached hydrogens (tertiary/aromatic N) is 4. The van der Waals surface area contributed by atoms with Crippen LogP contribution in [0.15, 0.2) is 18.5 Å². The van der Waals surface area contributed by atoms with E-state index in [0.29, 0.717) is 0 Å². The van der Waals surface area contributed by atoms with Crippen LogP contribution in [0.3, 0.4) is 0 Å². The predicted octanol–water partition coefficient (Wildman–Crippen LogP) is 1.67. The van der Waals surface area contributed by atoms with E-state index in [2.05, 4.69) is 32.6 Å². The van der Waals surface area contributed by atoms with Crippen LogP contribution in [0, 0.1) is 0 Å². The summed E-state index contributed by atoms with van der Waals surface area (Å²) in [6.07, 6.45) is 4.36. The summed E-state index contributed by atoms with van der Waals surface area (Å²) in [4.78, 5) is 0. The van der Waals surface area contributed by atoms with E-state index in [1.54, 1.807) is 23.7 Å². The molecule has 6 heteroatoms. The highest BCUT2D eigenvalue weighted by Gasteiger charge is 2.13. The van der Waals surface area contributed by atoms with Gasteiger partial charge in [0, 0.05) is 5.56 Å². The van der Waals surface area contributed by atoms with E-state index in [9.17, 15) is 0 Å². The van der Waals surface area contributed by atoms with Crippen LogP contribution in [0.2, 0.25) is 0 Å². The third-order valence-corrected chi connectivity index (χ3v) is 3.41. The highest BCUT2D eigenvalue weighted by atomic mass is 32.1. The van der Waals surface area contributed by atoms with Gasteiger partial charge in [-0.3, -0.25) is 0 Å². The Balaban J connectivity index is 2.26. The summed E-state index contributed by atoms with van der Waals surface area (Å²) in [6.45, 7) is 2.12. The van der Waals surface area contributed by atoms with Crippen LogP contribution in [-0.2, 0) is 0 Å². The average Bonchev–Trinajstić information content (AvgIpc) is 2.81. The van der Waals surface area contributed by atoms with E-state index in [4.69, 9.17) is 0 Å². The monoisotopic (exact) mass is 235 g/mol. The molecule has 0 saturated heterocycles. The Hall–Kier alpha value is -1.40. The van der Waals surface area contributed by atoms with Gasteiger partial charge in [0.1, 0.15) is 10.0 Å². The van der Waals surface area contributed by atoms with E-state index in [-0.39, 0.29) is 6.04 Å². The summed E-state index contributed by atoms with van der Waals surface area (Å²) in [7, 11) is 1.93. The Kier molecular flexibility index (Phi) is 3.53. The van der Waals surface area contributed by atoms with E-state index in [1.807, 2.05) is 13.1 Å². The third kappa shape index (κ3) is 2.23. The van der Waals surface area contributed by atoms with Crippen LogP contribution in [-0.4, -0.2) is 27.4 Å². The topological polar surface area (TPSA) is 63.6 Å². The van der Waals surface area contributed by atoms with Gasteiger partial charge in [0.05, 0.1) is 18.4 Å². The zero-order chi connectivity index (χ0) is 11.4. The fraction of sp³-hybridized carbons (Fsp3) is 0.400. The Morgan fingerprint density at radius 1 is 1.38 bits per heavy atom. The smallest absolute Gasteiger partial charge is 0.149 e. The van der Waals surface area contributed by atoms with Gasteiger partial charge in [-0.25, -0.2) is 0 Å². The van der Waals surface area contributed by atoms with Crippen molar-refractivity contribution in [2.75, 3.05) is 7.05 Å². The van der Waals surface area contributed by atoms with Crippen molar-refractivity contribution in [2.24, 2.45) is 0 Å². The molecule has 1 N–H and O–H groups in total. The second kappa shape index (κ2) is 5.09. The molecule has 0 aliphatic carbocycles. The lowest BCUT2D eigenvalue weighted by molar-refractivity contribution is 0.568. The van der Waals surface area contributed by atoms with Crippen LogP contribution in [0.1, 0.15) is 24.4 Å². The van der Waals surface area contributed by atoms with Crippen molar-refractivity contribution in [3.8, 4) is 10.6 Å². The van der Waals surface area contributed by atoms with Crippen LogP contribution in [0.5, 0.6) is 0 Å². The van der Waals surface area contributed by atoms with Gasteiger partial charge in [0.2, 0.25) is 0 Å². The van der Waals surface area contributed by atoms with Gasteiger partial charge in [0.25, 0.3) is 0 Å². The first-order valence-corrected chi connectivity index (χ1v) is 5.94. The van der Waals surface area contributed by atoms with Crippen LogP contribution in [0.4, 0.5) is 0 Å². The van der Waals surface area contributed by atoms with Crippen molar-refractivity contribution in [1.82, 2.24) is 25.7 Å². The van der Waals surface area contributed by atoms with Gasteiger partial charge in [0.15, 0.2) is 0 Å². The first-order valence-electron chi connectivity index (χ1n) is 5.13. The number of hydrogen-bond acceptors (Lipinski definition) is 6. The zero-order valence-electron chi connectivity index (χ0n) is 9.21. The molecule has 0 spiro atoms. The number of nitrogens with one attached hydrogen (secondary N) is 1. The van der Waals surface area contributed by atoms with E-state index < -0.39 is 0 Å². The molecule has 84 valence electrons. The number of aromatic nitrogens is 4. The molecule has 16 heavy (non-hydrogen) atoms. The molecule has 2 heterocycles. The lowest BCUT2D eigenvalue weighted by atomic mass is 10.2. The minimum Gasteiger partial charge on any atom is -0.311 e. The van der Waals surface area contributed by atoms with Crippen LogP contribution in [0.25, 0.3) is 10.6 Å². The maximum absolute atomic E-state index is 4.19. The van der Waals surface area contributed by atoms with Gasteiger partial charge in [-0.2, -0.15) is 10.2 Å². The highest BCUT2D eigenvalue weighted by molar-refractivity contribution is 7.14. The van der Waals surface area contributed by atoms with Crippen molar-refractivity contribution >= 4 is 11.3 Å². The molecule has 2 rings (SSSR count). The second-order valence-corrected chi connectivity index (χ2v) is 4.34.